The van der Waals surface area contributed by atoms with E-state index in [0.29, 0.717) is 0 Å². The lowest BCUT2D eigenvalue weighted by Crippen LogP contribution is -1.86. The maximum Gasteiger partial charge on any atom is 0.155 e. The van der Waals surface area contributed by atoms with Crippen LogP contribution in [0.3, 0.4) is 0 Å². The third-order valence-electron chi connectivity index (χ3n) is 1.19. The van der Waals surface area contributed by atoms with Crippen LogP contribution < -0.4 is 0 Å². The highest BCUT2D eigenvalue weighted by molar-refractivity contribution is 7.89. The fourth-order valence-electron chi connectivity index (χ4n) is 0.593. The molecule has 0 aromatic heterocycles. The summed E-state index contributed by atoms with van der Waals surface area (Å²) in [7, 11) is 0. The Hall–Kier alpha value is 0.780. The van der Waals surface area contributed by atoms with Crippen LogP contribution in [0.2, 0.25) is 25.1 Å². The van der Waals surface area contributed by atoms with Crippen molar-refractivity contribution in [1.29, 1.82) is 0 Å². The second-order valence-electron chi connectivity index (χ2n) is 2.66. The first-order valence-corrected chi connectivity index (χ1v) is 7.51. The molecule has 92 valence electrons. The van der Waals surface area contributed by atoms with Crippen LogP contribution in [0, 0.1) is 0 Å². The molecule has 0 aliphatic carbocycles. The Morgan fingerprint density at radius 2 is 1.00 bits per heavy atom. The van der Waals surface area contributed by atoms with Gasteiger partial charge in [0.05, 0.1) is 27.6 Å². The lowest BCUT2D eigenvalue weighted by molar-refractivity contribution is 0.476. The van der Waals surface area contributed by atoms with Crippen LogP contribution in [0.1, 0.15) is 0 Å². The highest BCUT2D eigenvalue weighted by Gasteiger charge is 2.18. The van der Waals surface area contributed by atoms with Gasteiger partial charge in [-0.3, -0.25) is 0 Å². The summed E-state index contributed by atoms with van der Waals surface area (Å²) in [6, 6.07) is 0. The summed E-state index contributed by atoms with van der Waals surface area (Å²) in [6.07, 6.45) is 3.28. The second kappa shape index (κ2) is 7.27. The molecule has 1 aromatic carbocycles. The van der Waals surface area contributed by atoms with E-state index in [1.807, 2.05) is 0 Å². The normalized spacial score (nSPS) is 10.1. The minimum absolute atomic E-state index is 0.00904. The quantitative estimate of drug-likeness (QED) is 0.423. The first-order chi connectivity index (χ1) is 7.20. The molecule has 0 saturated heterocycles. The third kappa shape index (κ3) is 4.57. The lowest BCUT2D eigenvalue weighted by atomic mass is 10.3. The summed E-state index contributed by atoms with van der Waals surface area (Å²) in [5.74, 6) is -0.363. The molecular weight excluding hydrogens is 337 g/mol. The molecular formula is C8H7Cl5O2S. The van der Waals surface area contributed by atoms with Crippen LogP contribution in [0.15, 0.2) is 0 Å². The first-order valence-electron chi connectivity index (χ1n) is 3.65. The van der Waals surface area contributed by atoms with E-state index in [9.17, 15) is 9.66 Å². The smallest absolute Gasteiger partial charge is 0.155 e. The number of halogens is 5. The summed E-state index contributed by atoms with van der Waals surface area (Å²) in [5, 5.41) is 9.01. The molecule has 0 heterocycles. The zero-order valence-corrected chi connectivity index (χ0v) is 12.7. The summed E-state index contributed by atoms with van der Waals surface area (Å²) in [4.78, 5) is 0. The van der Waals surface area contributed by atoms with Gasteiger partial charge in [0.1, 0.15) is 10.0 Å². The number of aromatic hydroxyl groups is 1. The maximum atomic E-state index is 9.56. The van der Waals surface area contributed by atoms with Crippen molar-refractivity contribution >= 4 is 69.2 Å². The molecule has 0 amide bonds. The number of rotatable bonds is 0. The van der Waals surface area contributed by atoms with E-state index in [0.717, 1.165) is 0 Å². The van der Waals surface area contributed by atoms with Gasteiger partial charge in [-0.1, -0.05) is 69.2 Å². The molecule has 0 saturated carbocycles. The summed E-state index contributed by atoms with van der Waals surface area (Å²) in [5.41, 5.74) is 0. The number of phenols is 1. The number of hydrogen-bond acceptors (Lipinski definition) is 2. The molecule has 2 nitrogen and oxygen atoms in total. The average molecular weight is 344 g/mol. The van der Waals surface area contributed by atoms with Gasteiger partial charge in [-0.2, -0.15) is 0 Å². The van der Waals surface area contributed by atoms with Crippen LogP contribution in [0.4, 0.5) is 0 Å². The molecule has 1 rings (SSSR count). The predicted molar refractivity (Wildman–Crippen MR) is 73.1 cm³/mol. The Morgan fingerprint density at radius 1 is 0.812 bits per heavy atom. The van der Waals surface area contributed by atoms with Gasteiger partial charge in [0.25, 0.3) is 0 Å². The zero-order valence-electron chi connectivity index (χ0n) is 8.15. The van der Waals surface area contributed by atoms with Crippen LogP contribution >= 0.6 is 58.0 Å². The molecule has 8 heteroatoms. The lowest BCUT2D eigenvalue weighted by Gasteiger charge is -2.06. The van der Waals surface area contributed by atoms with Gasteiger partial charge >= 0.3 is 0 Å². The van der Waals surface area contributed by atoms with E-state index >= 15 is 0 Å². The molecule has 0 aliphatic heterocycles. The minimum atomic E-state index is -0.611. The second-order valence-corrected chi connectivity index (χ2v) is 6.03. The van der Waals surface area contributed by atoms with Gasteiger partial charge in [-0.15, -0.1) is 0 Å². The Bertz CT molecular complexity index is 275. The Morgan fingerprint density at radius 3 is 1.25 bits per heavy atom. The first kappa shape index (κ1) is 16.8. The molecule has 0 radical (unpaired) electrons. The van der Waals surface area contributed by atoms with Crippen molar-refractivity contribution in [2.45, 2.75) is 0 Å². The van der Waals surface area contributed by atoms with Crippen LogP contribution in [-0.2, 0) is 11.2 Å². The van der Waals surface area contributed by atoms with Crippen LogP contribution in [0.5, 0.6) is 5.75 Å². The average Bonchev–Trinajstić information content (AvgIpc) is 2.20. The fraction of sp³-hybridized carbons (Fsp3) is 0.250. The molecule has 0 bridgehead atoms. The zero-order chi connectivity index (χ0) is 13.0. The molecule has 1 N–H and O–H groups in total. The van der Waals surface area contributed by atoms with E-state index in [1.165, 1.54) is 0 Å². The molecule has 0 fully saturated rings. The van der Waals surface area contributed by atoms with Crippen molar-refractivity contribution in [3.8, 4) is 5.75 Å². The molecule has 0 aliphatic rings. The fourth-order valence-corrected chi connectivity index (χ4v) is 1.72. The van der Waals surface area contributed by atoms with E-state index in [2.05, 4.69) is 0 Å². The Balaban J connectivity index is 0.000000487. The highest BCUT2D eigenvalue weighted by atomic mass is 35.5. The summed E-state index contributed by atoms with van der Waals surface area (Å²) in [6.45, 7) is 0. The third-order valence-corrected chi connectivity index (χ3v) is 3.44. The van der Waals surface area contributed by atoms with E-state index in [4.69, 9.17) is 58.0 Å². The topological polar surface area (TPSA) is 43.3 Å². The SMILES string of the molecule is C[S+](C)[O-].Oc1c(Cl)c(Cl)c(Cl)c(Cl)c1Cl. The van der Waals surface area contributed by atoms with E-state index < -0.39 is 11.2 Å². The van der Waals surface area contributed by atoms with E-state index in [1.54, 1.807) is 12.5 Å². The monoisotopic (exact) mass is 342 g/mol. The van der Waals surface area contributed by atoms with Gasteiger partial charge < -0.3 is 9.66 Å². The van der Waals surface area contributed by atoms with Gasteiger partial charge in [0.2, 0.25) is 0 Å². The maximum absolute atomic E-state index is 9.56. The van der Waals surface area contributed by atoms with Gasteiger partial charge in [0, 0.05) is 0 Å². The van der Waals surface area contributed by atoms with E-state index in [-0.39, 0.29) is 30.9 Å². The highest BCUT2D eigenvalue weighted by Crippen LogP contribution is 2.47. The number of hydrogen-bond donors (Lipinski definition) is 1. The molecule has 1 aromatic rings. The largest absolute Gasteiger partial charge is 0.617 e. The van der Waals surface area contributed by atoms with Gasteiger partial charge in [0.15, 0.2) is 5.75 Å². The Kier molecular flexibility index (Phi) is 7.62. The van der Waals surface area contributed by atoms with Crippen molar-refractivity contribution < 1.29 is 9.66 Å². The molecule has 0 atom stereocenters. The molecule has 0 unspecified atom stereocenters. The standard InChI is InChI=1S/C6HCl5O.C2H6OS/c7-1-2(8)4(10)6(12)5(11)3(1)9;1-4(2)3/h12H;1-2H3. The summed E-state index contributed by atoms with van der Waals surface area (Å²) < 4.78 is 9.56. The van der Waals surface area contributed by atoms with Crippen molar-refractivity contribution in [2.24, 2.45) is 0 Å². The minimum Gasteiger partial charge on any atom is -0.617 e. The van der Waals surface area contributed by atoms with Gasteiger partial charge in [-0.25, -0.2) is 0 Å². The molecule has 16 heavy (non-hydrogen) atoms. The molecule has 0 spiro atoms. The van der Waals surface area contributed by atoms with Crippen LogP contribution in [0.25, 0.3) is 0 Å². The van der Waals surface area contributed by atoms with Crippen molar-refractivity contribution in [1.82, 2.24) is 0 Å². The van der Waals surface area contributed by atoms with Crippen molar-refractivity contribution in [2.75, 3.05) is 12.5 Å². The van der Waals surface area contributed by atoms with Crippen molar-refractivity contribution in [3.63, 3.8) is 0 Å². The number of benzene rings is 1. The summed E-state index contributed by atoms with van der Waals surface area (Å²) >= 11 is 27.3. The predicted octanol–water partition coefficient (Wildman–Crippen LogP) is 4.65. The number of phenolic OH excluding ortho intramolecular Hbond substituents is 1. The van der Waals surface area contributed by atoms with Gasteiger partial charge in [-0.05, 0) is 0 Å². The Labute approximate surface area is 122 Å². The van der Waals surface area contributed by atoms with Crippen molar-refractivity contribution in [3.05, 3.63) is 25.1 Å². The van der Waals surface area contributed by atoms with Crippen LogP contribution in [-0.4, -0.2) is 22.2 Å².